The van der Waals surface area contributed by atoms with Gasteiger partial charge in [-0.3, -0.25) is 0 Å². The number of fused-ring (bicyclic) bond motifs is 1. The van der Waals surface area contributed by atoms with E-state index in [0.717, 1.165) is 26.5 Å². The van der Waals surface area contributed by atoms with Gasteiger partial charge in [-0.05, 0) is 35.4 Å². The van der Waals surface area contributed by atoms with E-state index in [1.165, 1.54) is 6.33 Å². The molecule has 1 heterocycles. The summed E-state index contributed by atoms with van der Waals surface area (Å²) in [5.41, 5.74) is 13.5. The highest BCUT2D eigenvalue weighted by molar-refractivity contribution is 9.10. The minimum absolute atomic E-state index is 0.375. The predicted molar refractivity (Wildman–Crippen MR) is 87.3 cm³/mol. The first-order valence-electron chi connectivity index (χ1n) is 6.32. The van der Waals surface area contributed by atoms with E-state index in [0.29, 0.717) is 11.6 Å². The predicted octanol–water partition coefficient (Wildman–Crippen LogP) is 3.10. The number of nitrogen functional groups attached to an aromatic ring is 1. The largest absolute Gasteiger partial charge is 0.411 e. The number of hydrogen-bond acceptors (Lipinski definition) is 5. The molecule has 3 aromatic rings. The number of nitrogens with two attached hydrogens (primary N) is 2. The molecule has 0 saturated carbocycles. The summed E-state index contributed by atoms with van der Waals surface area (Å²) >= 11 is 3.47. The second-order valence-corrected chi connectivity index (χ2v) is 5.47. The van der Waals surface area contributed by atoms with Gasteiger partial charge in [0.2, 0.25) is 0 Å². The van der Waals surface area contributed by atoms with Crippen LogP contribution in [0.15, 0.2) is 47.2 Å². The van der Waals surface area contributed by atoms with Crippen molar-refractivity contribution in [3.63, 3.8) is 0 Å². The van der Waals surface area contributed by atoms with Crippen LogP contribution in [0.4, 0.5) is 10.6 Å². The molecule has 0 saturated heterocycles. The number of ether oxygens (including phenoxy) is 1. The van der Waals surface area contributed by atoms with E-state index in [-0.39, 0.29) is 0 Å². The zero-order chi connectivity index (χ0) is 15.7. The maximum Gasteiger partial charge on any atom is 0.409 e. The number of anilines is 1. The molecule has 1 amide bonds. The fourth-order valence-electron chi connectivity index (χ4n) is 2.23. The molecule has 6 nitrogen and oxygen atoms in total. The summed E-state index contributed by atoms with van der Waals surface area (Å²) < 4.78 is 5.70. The van der Waals surface area contributed by atoms with Crippen LogP contribution in [0.5, 0.6) is 5.75 Å². The number of benzene rings is 2. The van der Waals surface area contributed by atoms with Crippen molar-refractivity contribution >= 4 is 38.7 Å². The van der Waals surface area contributed by atoms with Crippen molar-refractivity contribution in [1.29, 1.82) is 0 Å². The second kappa shape index (κ2) is 5.61. The fraction of sp³-hybridized carbons (Fsp3) is 0. The number of halogens is 1. The highest BCUT2D eigenvalue weighted by atomic mass is 79.9. The summed E-state index contributed by atoms with van der Waals surface area (Å²) in [6.07, 6.45) is 0.579. The summed E-state index contributed by atoms with van der Waals surface area (Å²) in [5, 5.41) is 0.772. The van der Waals surface area contributed by atoms with Crippen LogP contribution in [0.2, 0.25) is 0 Å². The summed E-state index contributed by atoms with van der Waals surface area (Å²) in [5.74, 6) is 0.782. The Kier molecular flexibility index (Phi) is 3.64. The Labute approximate surface area is 134 Å². The summed E-state index contributed by atoms with van der Waals surface area (Å²) in [4.78, 5) is 19.0. The molecular formula is C15H11BrN4O2. The van der Waals surface area contributed by atoms with Crippen LogP contribution in [0.1, 0.15) is 0 Å². The molecule has 0 atom stereocenters. The van der Waals surface area contributed by atoms with E-state index in [2.05, 4.69) is 25.9 Å². The Morgan fingerprint density at radius 2 is 1.86 bits per heavy atom. The van der Waals surface area contributed by atoms with Crippen molar-refractivity contribution in [2.24, 2.45) is 5.73 Å². The van der Waals surface area contributed by atoms with Gasteiger partial charge in [0.15, 0.2) is 0 Å². The molecule has 0 aliphatic rings. The molecule has 22 heavy (non-hydrogen) atoms. The van der Waals surface area contributed by atoms with Gasteiger partial charge in [-0.15, -0.1) is 0 Å². The van der Waals surface area contributed by atoms with Crippen LogP contribution in [0.25, 0.3) is 22.0 Å². The molecule has 0 unspecified atom stereocenters. The van der Waals surface area contributed by atoms with Gasteiger partial charge in [0, 0.05) is 4.47 Å². The maximum atomic E-state index is 10.7. The number of hydrogen-bond donors (Lipinski definition) is 2. The molecule has 0 radical (unpaired) electrons. The van der Waals surface area contributed by atoms with Crippen LogP contribution in [-0.2, 0) is 0 Å². The van der Waals surface area contributed by atoms with Gasteiger partial charge in [-0.1, -0.05) is 28.1 Å². The van der Waals surface area contributed by atoms with Crippen molar-refractivity contribution in [3.05, 3.63) is 47.2 Å². The van der Waals surface area contributed by atoms with Gasteiger partial charge in [0.05, 0.1) is 10.9 Å². The van der Waals surface area contributed by atoms with Crippen molar-refractivity contribution in [1.82, 2.24) is 9.97 Å². The molecule has 7 heteroatoms. The lowest BCUT2D eigenvalue weighted by Crippen LogP contribution is -2.16. The molecule has 0 spiro atoms. The van der Waals surface area contributed by atoms with E-state index in [1.807, 2.05) is 24.3 Å². The average molecular weight is 359 g/mol. The molecular weight excluding hydrogens is 348 g/mol. The number of aromatic nitrogens is 2. The summed E-state index contributed by atoms with van der Waals surface area (Å²) in [6, 6.07) is 10.8. The van der Waals surface area contributed by atoms with Crippen LogP contribution in [-0.4, -0.2) is 16.1 Å². The normalized spacial score (nSPS) is 10.6. The van der Waals surface area contributed by atoms with E-state index in [9.17, 15) is 4.79 Å². The van der Waals surface area contributed by atoms with E-state index in [1.54, 1.807) is 12.1 Å². The third kappa shape index (κ3) is 2.71. The molecule has 0 aliphatic carbocycles. The Balaban J connectivity index is 2.15. The molecule has 2 aromatic carbocycles. The minimum atomic E-state index is -0.849. The van der Waals surface area contributed by atoms with Gasteiger partial charge in [-0.25, -0.2) is 14.8 Å². The average Bonchev–Trinajstić information content (AvgIpc) is 2.46. The maximum absolute atomic E-state index is 10.7. The topological polar surface area (TPSA) is 104 Å². The molecule has 0 bridgehead atoms. The van der Waals surface area contributed by atoms with E-state index >= 15 is 0 Å². The number of carbonyl (C=O) groups excluding carboxylic acids is 1. The summed E-state index contributed by atoms with van der Waals surface area (Å²) in [7, 11) is 0. The van der Waals surface area contributed by atoms with Crippen molar-refractivity contribution in [2.45, 2.75) is 0 Å². The standard InChI is InChI=1S/C15H11BrN4O2/c16-9-5-11(13-12(6-9)19-7-20-14(13)17)8-1-3-10(4-2-8)22-15(18)21/h1-7H,(H2,18,21)(H2,17,19,20). The number of carbonyl (C=O) groups is 1. The second-order valence-electron chi connectivity index (χ2n) is 4.55. The zero-order valence-corrected chi connectivity index (χ0v) is 12.9. The fourth-order valence-corrected chi connectivity index (χ4v) is 2.67. The first kappa shape index (κ1) is 14.3. The van der Waals surface area contributed by atoms with E-state index < -0.39 is 6.09 Å². The molecule has 110 valence electrons. The zero-order valence-electron chi connectivity index (χ0n) is 11.3. The van der Waals surface area contributed by atoms with Crippen molar-refractivity contribution in [2.75, 3.05) is 5.73 Å². The third-order valence-corrected chi connectivity index (χ3v) is 3.57. The SMILES string of the molecule is NC(=O)Oc1ccc(-c2cc(Br)cc3ncnc(N)c23)cc1. The van der Waals surface area contributed by atoms with Crippen LogP contribution in [0, 0.1) is 0 Å². The lowest BCUT2D eigenvalue weighted by molar-refractivity contribution is 0.211. The molecule has 0 fully saturated rings. The number of amides is 1. The highest BCUT2D eigenvalue weighted by Gasteiger charge is 2.11. The van der Waals surface area contributed by atoms with Gasteiger partial charge in [0.1, 0.15) is 17.9 Å². The third-order valence-electron chi connectivity index (χ3n) is 3.12. The van der Waals surface area contributed by atoms with Crippen LogP contribution in [0.3, 0.4) is 0 Å². The minimum Gasteiger partial charge on any atom is -0.411 e. The number of nitrogens with zero attached hydrogens (tertiary/aromatic N) is 2. The molecule has 0 aliphatic heterocycles. The van der Waals surface area contributed by atoms with Crippen LogP contribution < -0.4 is 16.2 Å². The molecule has 3 rings (SSSR count). The quantitative estimate of drug-likeness (QED) is 0.732. The van der Waals surface area contributed by atoms with Crippen LogP contribution >= 0.6 is 15.9 Å². The van der Waals surface area contributed by atoms with E-state index in [4.69, 9.17) is 16.2 Å². The van der Waals surface area contributed by atoms with Gasteiger partial charge < -0.3 is 16.2 Å². The Morgan fingerprint density at radius 1 is 1.14 bits per heavy atom. The van der Waals surface area contributed by atoms with Crippen molar-refractivity contribution in [3.8, 4) is 16.9 Å². The molecule has 1 aromatic heterocycles. The van der Waals surface area contributed by atoms with Gasteiger partial charge in [-0.2, -0.15) is 0 Å². The number of primary amides is 1. The Bertz CT molecular complexity index is 865. The Hall–Kier alpha value is -2.67. The Morgan fingerprint density at radius 3 is 2.55 bits per heavy atom. The van der Waals surface area contributed by atoms with Gasteiger partial charge in [0.25, 0.3) is 0 Å². The number of rotatable bonds is 2. The lowest BCUT2D eigenvalue weighted by atomic mass is 10.0. The van der Waals surface area contributed by atoms with Crippen molar-refractivity contribution < 1.29 is 9.53 Å². The molecule has 4 N–H and O–H groups in total. The smallest absolute Gasteiger partial charge is 0.409 e. The first-order valence-corrected chi connectivity index (χ1v) is 7.11. The first-order chi connectivity index (χ1) is 10.5. The monoisotopic (exact) mass is 358 g/mol. The lowest BCUT2D eigenvalue weighted by Gasteiger charge is -2.10. The van der Waals surface area contributed by atoms with Gasteiger partial charge >= 0.3 is 6.09 Å². The summed E-state index contributed by atoms with van der Waals surface area (Å²) in [6.45, 7) is 0. The highest BCUT2D eigenvalue weighted by Crippen LogP contribution is 2.34.